The maximum absolute atomic E-state index is 12.2. The van der Waals surface area contributed by atoms with Crippen LogP contribution in [0.1, 0.15) is 28.5 Å². The van der Waals surface area contributed by atoms with Crippen molar-refractivity contribution in [3.63, 3.8) is 0 Å². The summed E-state index contributed by atoms with van der Waals surface area (Å²) in [5, 5.41) is 2.60. The zero-order valence-corrected chi connectivity index (χ0v) is 18.9. The molecule has 2 N–H and O–H groups in total. The van der Waals surface area contributed by atoms with Gasteiger partial charge < -0.3 is 19.9 Å². The number of ether oxygens (including phenoxy) is 1. The van der Waals surface area contributed by atoms with Crippen molar-refractivity contribution in [3.8, 4) is 0 Å². The summed E-state index contributed by atoms with van der Waals surface area (Å²) in [6, 6.07) is 8.08. The number of nitrogens with zero attached hydrogens (tertiary/aromatic N) is 4. The molecule has 2 atom stereocenters. The SMILES string of the molecule is CCc1cc2ncc(CN3CCN(c4ccc(C(=O)NC)nc4)[C@H]4COC[C@H]43)cc2[nH]c1=O. The van der Waals surface area contributed by atoms with Gasteiger partial charge in [-0.05, 0) is 36.2 Å². The molecule has 3 aromatic rings. The average molecular weight is 449 g/mol. The normalized spacial score (nSPS) is 20.7. The van der Waals surface area contributed by atoms with E-state index in [0.717, 1.165) is 47.5 Å². The summed E-state index contributed by atoms with van der Waals surface area (Å²) in [4.78, 5) is 40.7. The van der Waals surface area contributed by atoms with Crippen molar-refractivity contribution in [3.05, 3.63) is 63.8 Å². The van der Waals surface area contributed by atoms with Crippen LogP contribution in [0.25, 0.3) is 11.0 Å². The average Bonchev–Trinajstić information content (AvgIpc) is 3.34. The molecular formula is C24H28N6O3. The number of anilines is 1. The molecule has 0 aliphatic carbocycles. The Hall–Kier alpha value is -3.30. The maximum Gasteiger partial charge on any atom is 0.269 e. The highest BCUT2D eigenvalue weighted by atomic mass is 16.5. The van der Waals surface area contributed by atoms with Crippen LogP contribution < -0.4 is 15.8 Å². The molecule has 9 heteroatoms. The zero-order valence-electron chi connectivity index (χ0n) is 18.9. The Morgan fingerprint density at radius 1 is 1.18 bits per heavy atom. The summed E-state index contributed by atoms with van der Waals surface area (Å²) in [6.07, 6.45) is 4.36. The number of aromatic nitrogens is 3. The van der Waals surface area contributed by atoms with Crippen LogP contribution in [0.3, 0.4) is 0 Å². The topological polar surface area (TPSA) is 103 Å². The van der Waals surface area contributed by atoms with E-state index < -0.39 is 0 Å². The number of amides is 1. The molecule has 1 amide bonds. The summed E-state index contributed by atoms with van der Waals surface area (Å²) < 4.78 is 5.87. The molecule has 0 radical (unpaired) electrons. The lowest BCUT2D eigenvalue weighted by atomic mass is 10.0. The standard InChI is InChI=1S/C24H28N6O3/c1-3-16-9-19-20(28-23(16)31)8-15(10-26-19)12-29-6-7-30(22-14-33-13-21(22)29)17-4-5-18(27-11-17)24(32)25-2/h4-5,8-11,21-22H,3,6-7,12-14H2,1-2H3,(H,25,32)(H,28,31)/t21-,22+/m1/s1. The number of carbonyl (C=O) groups excluding carboxylic acids is 1. The fourth-order valence-electron chi connectivity index (χ4n) is 4.83. The molecule has 2 fully saturated rings. The van der Waals surface area contributed by atoms with Gasteiger partial charge in [0.1, 0.15) is 5.69 Å². The number of nitrogens with one attached hydrogen (secondary N) is 2. The molecular weight excluding hydrogens is 420 g/mol. The predicted octanol–water partition coefficient (Wildman–Crippen LogP) is 1.33. The second-order valence-electron chi connectivity index (χ2n) is 8.57. The lowest BCUT2D eigenvalue weighted by molar-refractivity contribution is 0.0958. The first kappa shape index (κ1) is 21.5. The minimum atomic E-state index is -0.190. The van der Waals surface area contributed by atoms with Crippen molar-refractivity contribution in [1.29, 1.82) is 0 Å². The number of aromatic amines is 1. The Kier molecular flexibility index (Phi) is 5.82. The first-order valence-corrected chi connectivity index (χ1v) is 11.3. The van der Waals surface area contributed by atoms with Gasteiger partial charge in [-0.25, -0.2) is 4.98 Å². The van der Waals surface area contributed by atoms with E-state index >= 15 is 0 Å². The van der Waals surface area contributed by atoms with E-state index in [1.54, 1.807) is 19.3 Å². The third-order valence-corrected chi connectivity index (χ3v) is 6.65. The monoisotopic (exact) mass is 448 g/mol. The van der Waals surface area contributed by atoms with Gasteiger partial charge in [0.25, 0.3) is 11.5 Å². The van der Waals surface area contributed by atoms with Crippen molar-refractivity contribution in [2.75, 3.05) is 38.3 Å². The molecule has 3 aromatic heterocycles. The molecule has 9 nitrogen and oxygen atoms in total. The van der Waals surface area contributed by atoms with Crippen LogP contribution in [-0.4, -0.2) is 71.2 Å². The largest absolute Gasteiger partial charge is 0.378 e. The van der Waals surface area contributed by atoms with E-state index in [1.165, 1.54) is 0 Å². The number of rotatable bonds is 5. The summed E-state index contributed by atoms with van der Waals surface area (Å²) >= 11 is 0. The van der Waals surface area contributed by atoms with Gasteiger partial charge in [0.2, 0.25) is 0 Å². The number of aryl methyl sites for hydroxylation is 1. The smallest absolute Gasteiger partial charge is 0.269 e. The highest BCUT2D eigenvalue weighted by Crippen LogP contribution is 2.29. The summed E-state index contributed by atoms with van der Waals surface area (Å²) in [5.74, 6) is -0.190. The Morgan fingerprint density at radius 3 is 2.79 bits per heavy atom. The predicted molar refractivity (Wildman–Crippen MR) is 126 cm³/mol. The number of carbonyl (C=O) groups is 1. The summed E-state index contributed by atoms with van der Waals surface area (Å²) in [7, 11) is 1.60. The maximum atomic E-state index is 12.2. The quantitative estimate of drug-likeness (QED) is 0.607. The van der Waals surface area contributed by atoms with Gasteiger partial charge in [0.05, 0.1) is 48.2 Å². The van der Waals surface area contributed by atoms with E-state index in [4.69, 9.17) is 4.74 Å². The van der Waals surface area contributed by atoms with Crippen LogP contribution in [0, 0.1) is 0 Å². The van der Waals surface area contributed by atoms with E-state index in [2.05, 4.69) is 30.1 Å². The molecule has 5 rings (SSSR count). The van der Waals surface area contributed by atoms with E-state index in [-0.39, 0.29) is 23.6 Å². The van der Waals surface area contributed by atoms with Crippen LogP contribution in [0.5, 0.6) is 0 Å². The lowest BCUT2D eigenvalue weighted by Gasteiger charge is -2.44. The molecule has 5 heterocycles. The first-order chi connectivity index (χ1) is 16.1. The van der Waals surface area contributed by atoms with Gasteiger partial charge in [-0.15, -0.1) is 0 Å². The molecule has 2 aliphatic rings. The Labute approximate surface area is 191 Å². The number of hydrogen-bond donors (Lipinski definition) is 2. The van der Waals surface area contributed by atoms with E-state index in [0.29, 0.717) is 25.3 Å². The molecule has 172 valence electrons. The highest BCUT2D eigenvalue weighted by molar-refractivity contribution is 5.92. The van der Waals surface area contributed by atoms with Crippen LogP contribution in [0.2, 0.25) is 0 Å². The summed E-state index contributed by atoms with van der Waals surface area (Å²) in [6.45, 7) is 5.74. The third-order valence-electron chi connectivity index (χ3n) is 6.65. The molecule has 0 aromatic carbocycles. The van der Waals surface area contributed by atoms with Gasteiger partial charge in [0.15, 0.2) is 0 Å². The van der Waals surface area contributed by atoms with Crippen LogP contribution >= 0.6 is 0 Å². The minimum Gasteiger partial charge on any atom is -0.378 e. The Bertz CT molecular complexity index is 1230. The van der Waals surface area contributed by atoms with Crippen molar-refractivity contribution < 1.29 is 9.53 Å². The van der Waals surface area contributed by atoms with Gasteiger partial charge in [-0.3, -0.25) is 19.5 Å². The van der Waals surface area contributed by atoms with E-state index in [9.17, 15) is 9.59 Å². The lowest BCUT2D eigenvalue weighted by Crippen LogP contribution is -2.59. The fraction of sp³-hybridized carbons (Fsp3) is 0.417. The van der Waals surface area contributed by atoms with Gasteiger partial charge in [-0.1, -0.05) is 6.92 Å². The van der Waals surface area contributed by atoms with Crippen molar-refractivity contribution in [2.45, 2.75) is 32.0 Å². The first-order valence-electron chi connectivity index (χ1n) is 11.3. The minimum absolute atomic E-state index is 0.0436. The van der Waals surface area contributed by atoms with Crippen molar-refractivity contribution in [2.24, 2.45) is 0 Å². The number of H-pyrrole nitrogens is 1. The van der Waals surface area contributed by atoms with E-state index in [1.807, 2.05) is 31.3 Å². The van der Waals surface area contributed by atoms with Crippen LogP contribution in [0.15, 0.2) is 41.5 Å². The van der Waals surface area contributed by atoms with Gasteiger partial charge in [-0.2, -0.15) is 0 Å². The van der Waals surface area contributed by atoms with Crippen LogP contribution in [-0.2, 0) is 17.7 Å². The van der Waals surface area contributed by atoms with Crippen LogP contribution in [0.4, 0.5) is 5.69 Å². The summed E-state index contributed by atoms with van der Waals surface area (Å²) in [5.41, 5.74) is 4.77. The fourth-order valence-corrected chi connectivity index (χ4v) is 4.83. The second-order valence-corrected chi connectivity index (χ2v) is 8.57. The number of fused-ring (bicyclic) bond motifs is 2. The van der Waals surface area contributed by atoms with Crippen molar-refractivity contribution >= 4 is 22.6 Å². The molecule has 0 bridgehead atoms. The zero-order chi connectivity index (χ0) is 22.9. The third kappa shape index (κ3) is 4.09. The number of pyridine rings is 3. The van der Waals surface area contributed by atoms with Crippen molar-refractivity contribution in [1.82, 2.24) is 25.2 Å². The molecule has 0 spiro atoms. The molecule has 2 saturated heterocycles. The molecule has 0 saturated carbocycles. The Morgan fingerprint density at radius 2 is 2.03 bits per heavy atom. The molecule has 2 aliphatic heterocycles. The van der Waals surface area contributed by atoms with Gasteiger partial charge >= 0.3 is 0 Å². The second kappa shape index (κ2) is 8.92. The highest BCUT2D eigenvalue weighted by Gasteiger charge is 2.41. The molecule has 0 unspecified atom stereocenters. The Balaban J connectivity index is 1.33. The molecule has 33 heavy (non-hydrogen) atoms. The number of piperazine rings is 1. The van der Waals surface area contributed by atoms with Gasteiger partial charge in [0, 0.05) is 38.4 Å². The number of hydrogen-bond acceptors (Lipinski definition) is 7.